The number of aryl methyl sites for hydroxylation is 2. The van der Waals surface area contributed by atoms with E-state index < -0.39 is 0 Å². The van der Waals surface area contributed by atoms with Gasteiger partial charge in [-0.1, -0.05) is 48.2 Å². The Balaban J connectivity index is 1.37. The molecule has 31 heavy (non-hydrogen) atoms. The number of fused-ring (bicyclic) bond motifs is 1. The molecule has 0 aliphatic heterocycles. The molecule has 0 bridgehead atoms. The van der Waals surface area contributed by atoms with E-state index in [2.05, 4.69) is 32.7 Å². The van der Waals surface area contributed by atoms with Crippen molar-refractivity contribution >= 4 is 45.6 Å². The average molecular weight is 453 g/mol. The molecule has 3 heterocycles. The second-order valence-electron chi connectivity index (χ2n) is 6.76. The van der Waals surface area contributed by atoms with Crippen LogP contribution in [0.4, 0.5) is 15.6 Å². The number of benzene rings is 1. The number of nitrogens with zero attached hydrogens (tertiary/aromatic N) is 4. The molecule has 8 nitrogen and oxygen atoms in total. The first-order valence-corrected chi connectivity index (χ1v) is 11.4. The van der Waals surface area contributed by atoms with Crippen LogP contribution in [-0.4, -0.2) is 25.6 Å². The Bertz CT molecular complexity index is 1280. The molecule has 3 aromatic heterocycles. The highest BCUT2D eigenvalue weighted by Crippen LogP contribution is 2.28. The number of urea groups is 1. The quantitative estimate of drug-likeness (QED) is 0.333. The number of carbonyl (C=O) groups is 1. The van der Waals surface area contributed by atoms with Crippen molar-refractivity contribution in [3.63, 3.8) is 0 Å². The summed E-state index contributed by atoms with van der Waals surface area (Å²) in [7, 11) is 0. The fraction of sp³-hybridized carbons (Fsp3) is 0.190. The van der Waals surface area contributed by atoms with Gasteiger partial charge in [-0.25, -0.2) is 9.78 Å². The summed E-state index contributed by atoms with van der Waals surface area (Å²) in [5.74, 6) is 0.477. The molecule has 0 saturated heterocycles. The van der Waals surface area contributed by atoms with E-state index in [0.29, 0.717) is 32.3 Å². The van der Waals surface area contributed by atoms with E-state index in [9.17, 15) is 9.59 Å². The lowest BCUT2D eigenvalue weighted by atomic mass is 10.1. The number of pyridine rings is 1. The molecule has 0 radical (unpaired) electrons. The van der Waals surface area contributed by atoms with Crippen molar-refractivity contribution in [2.75, 3.05) is 10.6 Å². The van der Waals surface area contributed by atoms with Gasteiger partial charge in [0.1, 0.15) is 5.65 Å². The van der Waals surface area contributed by atoms with Gasteiger partial charge < -0.3 is 5.32 Å². The third-order valence-electron chi connectivity index (χ3n) is 4.53. The minimum absolute atomic E-state index is 0.118. The molecule has 2 amide bonds. The lowest BCUT2D eigenvalue weighted by molar-refractivity contribution is 0.262. The van der Waals surface area contributed by atoms with Gasteiger partial charge in [-0.3, -0.25) is 14.5 Å². The molecule has 2 N–H and O–H groups in total. The molecule has 0 spiro atoms. The molecule has 0 saturated carbocycles. The van der Waals surface area contributed by atoms with E-state index in [4.69, 9.17) is 0 Å². The Hall–Kier alpha value is -3.24. The zero-order chi connectivity index (χ0) is 21.8. The van der Waals surface area contributed by atoms with Gasteiger partial charge in [0.2, 0.25) is 5.13 Å². The maximum absolute atomic E-state index is 12.3. The van der Waals surface area contributed by atoms with Crippen molar-refractivity contribution < 1.29 is 4.79 Å². The second kappa shape index (κ2) is 9.27. The first-order valence-electron chi connectivity index (χ1n) is 9.63. The maximum atomic E-state index is 12.3. The van der Waals surface area contributed by atoms with Crippen LogP contribution < -0.4 is 16.2 Å². The number of anilines is 2. The average Bonchev–Trinajstić information content (AvgIpc) is 3.20. The number of aromatic nitrogens is 4. The zero-order valence-electron chi connectivity index (χ0n) is 17.0. The number of rotatable bonds is 6. The van der Waals surface area contributed by atoms with Crippen molar-refractivity contribution in [2.45, 2.75) is 30.4 Å². The summed E-state index contributed by atoms with van der Waals surface area (Å²) >= 11 is 2.68. The van der Waals surface area contributed by atoms with Crippen LogP contribution in [0.5, 0.6) is 0 Å². The summed E-state index contributed by atoms with van der Waals surface area (Å²) in [5, 5.41) is 14.0. The first-order chi connectivity index (χ1) is 15.0. The van der Waals surface area contributed by atoms with E-state index in [1.807, 2.05) is 43.3 Å². The van der Waals surface area contributed by atoms with E-state index in [0.717, 1.165) is 12.0 Å². The van der Waals surface area contributed by atoms with Crippen LogP contribution in [0.25, 0.3) is 5.65 Å². The van der Waals surface area contributed by atoms with Crippen LogP contribution in [0.1, 0.15) is 23.7 Å². The normalized spacial score (nSPS) is 10.9. The number of hydrogen-bond acceptors (Lipinski definition) is 7. The SMILES string of the molecule is CCc1ccc(NC(=O)Nc2nnc(SCc3cc(=O)n4cccc(C)c4n3)s2)cc1. The van der Waals surface area contributed by atoms with E-state index in [1.54, 1.807) is 6.20 Å². The molecule has 0 aliphatic carbocycles. The maximum Gasteiger partial charge on any atom is 0.325 e. The van der Waals surface area contributed by atoms with Crippen molar-refractivity contribution in [2.24, 2.45) is 0 Å². The number of hydrogen-bond donors (Lipinski definition) is 2. The first kappa shape index (κ1) is 21.0. The number of nitrogens with one attached hydrogen (secondary N) is 2. The second-order valence-corrected chi connectivity index (χ2v) is 8.96. The highest BCUT2D eigenvalue weighted by molar-refractivity contribution is 8.00. The van der Waals surface area contributed by atoms with Crippen LogP contribution in [0.3, 0.4) is 0 Å². The third kappa shape index (κ3) is 5.09. The largest absolute Gasteiger partial charge is 0.325 e. The Morgan fingerprint density at radius 3 is 2.74 bits per heavy atom. The van der Waals surface area contributed by atoms with E-state index in [1.165, 1.54) is 39.1 Å². The Kier molecular flexibility index (Phi) is 6.28. The Morgan fingerprint density at radius 1 is 1.16 bits per heavy atom. The summed E-state index contributed by atoms with van der Waals surface area (Å²) in [6.07, 6.45) is 2.65. The van der Waals surface area contributed by atoms with Gasteiger partial charge in [0.25, 0.3) is 5.56 Å². The molecule has 0 aliphatic rings. The smallest absolute Gasteiger partial charge is 0.308 e. The van der Waals surface area contributed by atoms with Gasteiger partial charge in [-0.15, -0.1) is 10.2 Å². The van der Waals surface area contributed by atoms with Gasteiger partial charge in [0.05, 0.1) is 5.69 Å². The highest BCUT2D eigenvalue weighted by atomic mass is 32.2. The minimum atomic E-state index is -0.378. The van der Waals surface area contributed by atoms with Crippen LogP contribution in [0, 0.1) is 6.92 Å². The van der Waals surface area contributed by atoms with Crippen LogP contribution in [0.2, 0.25) is 0 Å². The molecular formula is C21H20N6O2S2. The summed E-state index contributed by atoms with van der Waals surface area (Å²) in [4.78, 5) is 29.1. The molecule has 1 aromatic carbocycles. The van der Waals surface area contributed by atoms with Gasteiger partial charge in [-0.2, -0.15) is 0 Å². The third-order valence-corrected chi connectivity index (χ3v) is 6.54. The molecule has 0 fully saturated rings. The number of thioether (sulfide) groups is 1. The van der Waals surface area contributed by atoms with Gasteiger partial charge in [-0.05, 0) is 42.7 Å². The summed E-state index contributed by atoms with van der Waals surface area (Å²) in [6.45, 7) is 4.00. The van der Waals surface area contributed by atoms with E-state index in [-0.39, 0.29) is 11.6 Å². The van der Waals surface area contributed by atoms with Gasteiger partial charge in [0, 0.05) is 23.7 Å². The van der Waals surface area contributed by atoms with Gasteiger partial charge >= 0.3 is 6.03 Å². The molecule has 10 heteroatoms. The van der Waals surface area contributed by atoms with Crippen LogP contribution in [-0.2, 0) is 12.2 Å². The Morgan fingerprint density at radius 2 is 1.97 bits per heavy atom. The van der Waals surface area contributed by atoms with E-state index >= 15 is 0 Å². The van der Waals surface area contributed by atoms with Crippen molar-refractivity contribution in [3.05, 3.63) is 75.8 Å². The fourth-order valence-electron chi connectivity index (χ4n) is 2.92. The predicted molar refractivity (Wildman–Crippen MR) is 124 cm³/mol. The van der Waals surface area contributed by atoms with Crippen molar-refractivity contribution in [3.8, 4) is 0 Å². The van der Waals surface area contributed by atoms with Crippen LogP contribution in [0.15, 0.2) is 57.8 Å². The Labute approximate surface area is 186 Å². The summed E-state index contributed by atoms with van der Waals surface area (Å²) in [6, 6.07) is 12.6. The van der Waals surface area contributed by atoms with Crippen molar-refractivity contribution in [1.82, 2.24) is 19.6 Å². The molecule has 158 valence electrons. The standard InChI is InChI=1S/C21H20N6O2S2/c1-3-14-6-8-15(9-7-14)23-19(29)24-20-25-26-21(31-20)30-12-16-11-17(28)27-10-4-5-13(2)18(27)22-16/h4-11H,3,12H2,1-2H3,(H2,23,24,25,29). The fourth-order valence-corrected chi connectivity index (χ4v) is 4.56. The van der Waals surface area contributed by atoms with Crippen LogP contribution >= 0.6 is 23.1 Å². The monoisotopic (exact) mass is 452 g/mol. The minimum Gasteiger partial charge on any atom is -0.308 e. The zero-order valence-corrected chi connectivity index (χ0v) is 18.6. The number of carbonyl (C=O) groups excluding carboxylic acids is 1. The predicted octanol–water partition coefficient (Wildman–Crippen LogP) is 4.35. The van der Waals surface area contributed by atoms with Crippen molar-refractivity contribution in [1.29, 1.82) is 0 Å². The number of amides is 2. The lowest BCUT2D eigenvalue weighted by Gasteiger charge is -2.05. The van der Waals surface area contributed by atoms with Gasteiger partial charge in [0.15, 0.2) is 4.34 Å². The molecule has 0 unspecified atom stereocenters. The topological polar surface area (TPSA) is 101 Å². The molecule has 4 rings (SSSR count). The molecular weight excluding hydrogens is 432 g/mol. The lowest BCUT2D eigenvalue weighted by Crippen LogP contribution is -2.19. The highest BCUT2D eigenvalue weighted by Gasteiger charge is 2.11. The summed E-state index contributed by atoms with van der Waals surface area (Å²) in [5.41, 5.74) is 4.04. The molecule has 0 atom stereocenters. The molecule has 4 aromatic rings. The summed E-state index contributed by atoms with van der Waals surface area (Å²) < 4.78 is 2.21.